The van der Waals surface area contributed by atoms with Gasteiger partial charge in [0.15, 0.2) is 6.29 Å². The maximum atomic E-state index is 12.6. The van der Waals surface area contributed by atoms with Crippen LogP contribution in [0.5, 0.6) is 0 Å². The zero-order valence-electron chi connectivity index (χ0n) is 17.6. The molecule has 1 N–H and O–H groups in total. The van der Waals surface area contributed by atoms with Crippen LogP contribution in [0, 0.1) is 11.8 Å². The molecule has 29 heavy (non-hydrogen) atoms. The van der Waals surface area contributed by atoms with Gasteiger partial charge in [0.1, 0.15) is 5.00 Å². The fourth-order valence-electron chi connectivity index (χ4n) is 3.90. The van der Waals surface area contributed by atoms with E-state index < -0.39 is 0 Å². The van der Waals surface area contributed by atoms with Gasteiger partial charge in [-0.1, -0.05) is 13.8 Å². The molecule has 0 aliphatic carbocycles. The molecule has 1 aromatic heterocycles. The van der Waals surface area contributed by atoms with Gasteiger partial charge >= 0.3 is 5.97 Å². The van der Waals surface area contributed by atoms with E-state index in [0.29, 0.717) is 48.8 Å². The molecule has 2 aliphatic rings. The predicted molar refractivity (Wildman–Crippen MR) is 112 cm³/mol. The molecule has 1 aromatic rings. The second-order valence-electron chi connectivity index (χ2n) is 8.06. The van der Waals surface area contributed by atoms with Crippen molar-refractivity contribution >= 4 is 28.2 Å². The fraction of sp³-hybridized carbons (Fsp3) is 0.714. The van der Waals surface area contributed by atoms with Gasteiger partial charge in [-0.05, 0) is 56.1 Å². The normalized spacial score (nSPS) is 19.0. The first kappa shape index (κ1) is 22.2. The lowest BCUT2D eigenvalue weighted by molar-refractivity contribution is -0.119. The Kier molecular flexibility index (Phi) is 8.06. The highest BCUT2D eigenvalue weighted by molar-refractivity contribution is 7.15. The summed E-state index contributed by atoms with van der Waals surface area (Å²) in [5.41, 5.74) is 1.45. The summed E-state index contributed by atoms with van der Waals surface area (Å²) in [5, 5.41) is 5.49. The summed E-state index contributed by atoms with van der Waals surface area (Å²) in [6, 6.07) is 0. The van der Waals surface area contributed by atoms with Crippen LogP contribution in [0.25, 0.3) is 0 Å². The summed E-state index contributed by atoms with van der Waals surface area (Å²) in [6.45, 7) is 9.67. The third-order valence-corrected chi connectivity index (χ3v) is 6.20. The summed E-state index contributed by atoms with van der Waals surface area (Å²) in [4.78, 5) is 27.2. The van der Waals surface area contributed by atoms with Gasteiger partial charge in [0.2, 0.25) is 5.91 Å². The summed E-state index contributed by atoms with van der Waals surface area (Å²) < 4.78 is 16.4. The average molecular weight is 425 g/mol. The van der Waals surface area contributed by atoms with Crippen LogP contribution in [0.2, 0.25) is 0 Å². The van der Waals surface area contributed by atoms with Crippen molar-refractivity contribution in [2.75, 3.05) is 44.8 Å². The number of rotatable bonds is 8. The van der Waals surface area contributed by atoms with Crippen LogP contribution < -0.4 is 5.32 Å². The van der Waals surface area contributed by atoms with Gasteiger partial charge in [0.25, 0.3) is 0 Å². The molecular formula is C21H32N2O5S. The third kappa shape index (κ3) is 6.01. The SMILES string of the molecule is CCOC(=O)c1c(CC(C)C)csc1NC(=O)CN1CCC(C2OCCO2)CC1. The molecule has 7 nitrogen and oxygen atoms in total. The van der Waals surface area contributed by atoms with E-state index in [1.54, 1.807) is 6.92 Å². The van der Waals surface area contributed by atoms with Gasteiger partial charge < -0.3 is 19.5 Å². The van der Waals surface area contributed by atoms with Crippen LogP contribution in [0.3, 0.4) is 0 Å². The highest BCUT2D eigenvalue weighted by atomic mass is 32.1. The van der Waals surface area contributed by atoms with Crippen molar-refractivity contribution in [3.8, 4) is 0 Å². The number of nitrogens with zero attached hydrogens (tertiary/aromatic N) is 1. The van der Waals surface area contributed by atoms with E-state index in [4.69, 9.17) is 14.2 Å². The van der Waals surface area contributed by atoms with E-state index in [1.807, 2.05) is 5.38 Å². The Hall–Kier alpha value is -1.48. The van der Waals surface area contributed by atoms with Gasteiger partial charge in [0.05, 0.1) is 31.9 Å². The van der Waals surface area contributed by atoms with Crippen molar-refractivity contribution < 1.29 is 23.8 Å². The summed E-state index contributed by atoms with van der Waals surface area (Å²) >= 11 is 1.40. The second kappa shape index (κ2) is 10.5. The number of likely N-dealkylation sites (tertiary alicyclic amines) is 1. The molecule has 0 bridgehead atoms. The standard InChI is InChI=1S/C21H32N2O5S/c1-4-26-20(25)18-16(11-14(2)3)13-29-19(18)22-17(24)12-23-7-5-15(6-8-23)21-27-9-10-28-21/h13-15,21H,4-12H2,1-3H3,(H,22,24). The van der Waals surface area contributed by atoms with Crippen molar-refractivity contribution in [2.24, 2.45) is 11.8 Å². The molecule has 8 heteroatoms. The van der Waals surface area contributed by atoms with Crippen molar-refractivity contribution in [1.82, 2.24) is 4.90 Å². The first-order chi connectivity index (χ1) is 14.0. The van der Waals surface area contributed by atoms with Crippen LogP contribution >= 0.6 is 11.3 Å². The molecule has 3 heterocycles. The second-order valence-corrected chi connectivity index (χ2v) is 8.93. The first-order valence-corrected chi connectivity index (χ1v) is 11.4. The molecule has 0 aromatic carbocycles. The highest BCUT2D eigenvalue weighted by Crippen LogP contribution is 2.31. The number of amides is 1. The Balaban J connectivity index is 1.56. The van der Waals surface area contributed by atoms with Crippen LogP contribution in [-0.2, 0) is 25.4 Å². The Morgan fingerprint density at radius 1 is 1.28 bits per heavy atom. The average Bonchev–Trinajstić information content (AvgIpc) is 3.32. The van der Waals surface area contributed by atoms with E-state index >= 15 is 0 Å². The highest BCUT2D eigenvalue weighted by Gasteiger charge is 2.31. The van der Waals surface area contributed by atoms with E-state index in [1.165, 1.54) is 11.3 Å². The largest absolute Gasteiger partial charge is 0.462 e. The Labute approximate surface area is 176 Å². The van der Waals surface area contributed by atoms with Gasteiger partial charge in [-0.3, -0.25) is 9.69 Å². The molecule has 0 spiro atoms. The molecule has 162 valence electrons. The molecule has 1 amide bonds. The number of nitrogens with one attached hydrogen (secondary N) is 1. The van der Waals surface area contributed by atoms with Crippen molar-refractivity contribution in [3.05, 3.63) is 16.5 Å². The maximum Gasteiger partial charge on any atom is 0.341 e. The minimum absolute atomic E-state index is 0.0800. The fourth-order valence-corrected chi connectivity index (χ4v) is 4.88. The molecule has 0 radical (unpaired) electrons. The van der Waals surface area contributed by atoms with Crippen molar-refractivity contribution in [1.29, 1.82) is 0 Å². The zero-order valence-corrected chi connectivity index (χ0v) is 18.4. The van der Waals surface area contributed by atoms with E-state index in [9.17, 15) is 9.59 Å². The predicted octanol–water partition coefficient (Wildman–Crippen LogP) is 3.15. The number of hydrogen-bond donors (Lipinski definition) is 1. The Morgan fingerprint density at radius 3 is 2.59 bits per heavy atom. The van der Waals surface area contributed by atoms with Crippen molar-refractivity contribution in [3.63, 3.8) is 0 Å². The lowest BCUT2D eigenvalue weighted by Crippen LogP contribution is -2.41. The minimum atomic E-state index is -0.364. The number of hydrogen-bond acceptors (Lipinski definition) is 7. The Morgan fingerprint density at radius 2 is 1.97 bits per heavy atom. The number of esters is 1. The van der Waals surface area contributed by atoms with Crippen molar-refractivity contribution in [2.45, 2.75) is 46.3 Å². The molecule has 2 aliphatic heterocycles. The van der Waals surface area contributed by atoms with Crippen LogP contribution in [-0.4, -0.2) is 62.5 Å². The number of carbonyl (C=O) groups excluding carboxylic acids is 2. The first-order valence-electron chi connectivity index (χ1n) is 10.5. The number of anilines is 1. The monoisotopic (exact) mass is 424 g/mol. The van der Waals surface area contributed by atoms with Gasteiger partial charge in [-0.15, -0.1) is 11.3 Å². The lowest BCUT2D eigenvalue weighted by atomic mass is 9.96. The van der Waals surface area contributed by atoms with Gasteiger partial charge in [-0.2, -0.15) is 0 Å². The third-order valence-electron chi connectivity index (χ3n) is 5.26. The topological polar surface area (TPSA) is 77.1 Å². The quantitative estimate of drug-likeness (QED) is 0.646. The summed E-state index contributed by atoms with van der Waals surface area (Å²) in [5.74, 6) is 0.357. The number of carbonyl (C=O) groups is 2. The number of piperidine rings is 1. The van der Waals surface area contributed by atoms with E-state index in [0.717, 1.165) is 37.9 Å². The van der Waals surface area contributed by atoms with E-state index in [-0.39, 0.29) is 18.2 Å². The molecule has 0 atom stereocenters. The van der Waals surface area contributed by atoms with Gasteiger partial charge in [0, 0.05) is 5.92 Å². The smallest absolute Gasteiger partial charge is 0.341 e. The summed E-state index contributed by atoms with van der Waals surface area (Å²) in [7, 11) is 0. The van der Waals surface area contributed by atoms with Crippen LogP contribution in [0.4, 0.5) is 5.00 Å². The number of thiophene rings is 1. The summed E-state index contributed by atoms with van der Waals surface area (Å²) in [6.07, 6.45) is 2.62. The lowest BCUT2D eigenvalue weighted by Gasteiger charge is -2.33. The zero-order chi connectivity index (χ0) is 20.8. The van der Waals surface area contributed by atoms with E-state index in [2.05, 4.69) is 24.1 Å². The molecule has 0 saturated carbocycles. The molecule has 3 rings (SSSR count). The maximum absolute atomic E-state index is 12.6. The molecular weight excluding hydrogens is 392 g/mol. The van der Waals surface area contributed by atoms with Crippen LogP contribution in [0.15, 0.2) is 5.38 Å². The Bertz CT molecular complexity index is 691. The van der Waals surface area contributed by atoms with Gasteiger partial charge in [-0.25, -0.2) is 4.79 Å². The van der Waals surface area contributed by atoms with Crippen LogP contribution in [0.1, 0.15) is 49.5 Å². The molecule has 2 saturated heterocycles. The minimum Gasteiger partial charge on any atom is -0.462 e. The molecule has 0 unspecified atom stereocenters. The molecule has 2 fully saturated rings. The number of ether oxygens (including phenoxy) is 3.